The van der Waals surface area contributed by atoms with E-state index in [-0.39, 0.29) is 0 Å². The Morgan fingerprint density at radius 2 is 1.63 bits per heavy atom. The van der Waals surface area contributed by atoms with Gasteiger partial charge in [-0.25, -0.2) is 0 Å². The van der Waals surface area contributed by atoms with Gasteiger partial charge in [0.2, 0.25) is 0 Å². The van der Waals surface area contributed by atoms with Crippen LogP contribution < -0.4 is 10.1 Å². The van der Waals surface area contributed by atoms with Crippen molar-refractivity contribution < 1.29 is 4.74 Å². The molecule has 3 aliphatic rings. The maximum atomic E-state index is 6.38. The Morgan fingerprint density at radius 3 is 2.41 bits per heavy atom. The van der Waals surface area contributed by atoms with Crippen LogP contribution in [0.25, 0.3) is 10.9 Å². The SMILES string of the molecule is c1cc2c(ccn2C2CCNCC2)cc1OC1CCN(C2CCCC2)CC1. The van der Waals surface area contributed by atoms with Crippen LogP contribution in [0.2, 0.25) is 0 Å². The highest BCUT2D eigenvalue weighted by Gasteiger charge is 2.27. The van der Waals surface area contributed by atoms with Gasteiger partial charge in [-0.05, 0) is 75.9 Å². The summed E-state index contributed by atoms with van der Waals surface area (Å²) in [4.78, 5) is 2.72. The predicted molar refractivity (Wildman–Crippen MR) is 111 cm³/mol. The van der Waals surface area contributed by atoms with Crippen LogP contribution in [0.3, 0.4) is 0 Å². The maximum Gasteiger partial charge on any atom is 0.120 e. The summed E-state index contributed by atoms with van der Waals surface area (Å²) >= 11 is 0. The van der Waals surface area contributed by atoms with E-state index in [4.69, 9.17) is 4.74 Å². The number of aromatic nitrogens is 1. The first-order chi connectivity index (χ1) is 13.4. The minimum atomic E-state index is 0.381. The van der Waals surface area contributed by atoms with Crippen LogP contribution >= 0.6 is 0 Å². The van der Waals surface area contributed by atoms with Gasteiger partial charge in [0.25, 0.3) is 0 Å². The van der Waals surface area contributed by atoms with Crippen LogP contribution in [-0.4, -0.2) is 47.8 Å². The van der Waals surface area contributed by atoms with E-state index < -0.39 is 0 Å². The van der Waals surface area contributed by atoms with Gasteiger partial charge in [-0.15, -0.1) is 0 Å². The maximum absolute atomic E-state index is 6.38. The lowest BCUT2D eigenvalue weighted by Gasteiger charge is -2.36. The summed E-state index contributed by atoms with van der Waals surface area (Å²) in [5.41, 5.74) is 1.35. The number of rotatable bonds is 4. The third kappa shape index (κ3) is 3.74. The molecular weight excluding hydrogens is 334 g/mol. The lowest BCUT2D eigenvalue weighted by Crippen LogP contribution is -2.43. The smallest absolute Gasteiger partial charge is 0.120 e. The van der Waals surface area contributed by atoms with E-state index in [1.54, 1.807) is 0 Å². The molecule has 4 heteroatoms. The molecule has 0 amide bonds. The normalized spacial score (nSPS) is 24.0. The molecule has 1 aliphatic carbocycles. The Morgan fingerprint density at radius 1 is 0.852 bits per heavy atom. The molecule has 146 valence electrons. The molecular formula is C23H33N3O. The number of hydrogen-bond acceptors (Lipinski definition) is 3. The molecule has 1 aromatic carbocycles. The van der Waals surface area contributed by atoms with Crippen molar-refractivity contribution in [2.45, 2.75) is 69.6 Å². The number of fused-ring (bicyclic) bond motifs is 1. The molecule has 27 heavy (non-hydrogen) atoms. The van der Waals surface area contributed by atoms with E-state index >= 15 is 0 Å². The van der Waals surface area contributed by atoms with Crippen molar-refractivity contribution in [3.05, 3.63) is 30.5 Å². The zero-order valence-electron chi connectivity index (χ0n) is 16.4. The van der Waals surface area contributed by atoms with Crippen LogP contribution in [0.15, 0.2) is 30.5 Å². The molecule has 0 spiro atoms. The molecule has 1 aromatic heterocycles. The first kappa shape index (κ1) is 17.6. The Bertz CT molecular complexity index is 750. The molecule has 2 saturated heterocycles. The first-order valence-corrected chi connectivity index (χ1v) is 11.1. The summed E-state index contributed by atoms with van der Waals surface area (Å²) in [5.74, 6) is 1.05. The van der Waals surface area contributed by atoms with Gasteiger partial charge in [-0.2, -0.15) is 0 Å². The van der Waals surface area contributed by atoms with Crippen molar-refractivity contribution in [3.63, 3.8) is 0 Å². The van der Waals surface area contributed by atoms with E-state index in [1.165, 1.54) is 75.4 Å². The molecule has 0 radical (unpaired) electrons. The van der Waals surface area contributed by atoms with E-state index in [0.29, 0.717) is 12.1 Å². The highest BCUT2D eigenvalue weighted by Crippen LogP contribution is 2.30. The minimum absolute atomic E-state index is 0.381. The molecule has 2 aliphatic heterocycles. The summed E-state index contributed by atoms with van der Waals surface area (Å²) in [5, 5.41) is 4.78. The fourth-order valence-electron chi connectivity index (χ4n) is 5.44. The van der Waals surface area contributed by atoms with Gasteiger partial charge in [0.1, 0.15) is 11.9 Å². The fourth-order valence-corrected chi connectivity index (χ4v) is 5.44. The van der Waals surface area contributed by atoms with E-state index in [9.17, 15) is 0 Å². The molecule has 0 unspecified atom stereocenters. The number of piperidine rings is 2. The van der Waals surface area contributed by atoms with Crippen LogP contribution in [-0.2, 0) is 0 Å². The van der Waals surface area contributed by atoms with Gasteiger partial charge < -0.3 is 19.5 Å². The average Bonchev–Trinajstić information content (AvgIpc) is 3.39. The van der Waals surface area contributed by atoms with Gasteiger partial charge >= 0.3 is 0 Å². The quantitative estimate of drug-likeness (QED) is 0.871. The number of hydrogen-bond donors (Lipinski definition) is 1. The summed E-state index contributed by atoms with van der Waals surface area (Å²) in [7, 11) is 0. The summed E-state index contributed by atoms with van der Waals surface area (Å²) < 4.78 is 8.86. The molecule has 3 fully saturated rings. The van der Waals surface area contributed by atoms with Crippen LogP contribution in [0, 0.1) is 0 Å². The third-order valence-corrected chi connectivity index (χ3v) is 7.01. The van der Waals surface area contributed by atoms with Crippen molar-refractivity contribution in [2.75, 3.05) is 26.2 Å². The molecule has 1 saturated carbocycles. The Hall–Kier alpha value is -1.52. The molecule has 5 rings (SSSR count). The third-order valence-electron chi connectivity index (χ3n) is 7.01. The molecule has 4 nitrogen and oxygen atoms in total. The predicted octanol–water partition coefficient (Wildman–Crippen LogP) is 4.35. The standard InChI is InChI=1S/C23H33N3O/c1-2-4-19(3-1)25-14-10-21(11-15-25)27-22-5-6-23-18(17-22)9-16-26(23)20-7-12-24-13-8-20/h5-6,9,16-17,19-21,24H,1-4,7-8,10-15H2. The second-order valence-corrected chi connectivity index (χ2v) is 8.72. The zero-order chi connectivity index (χ0) is 18.1. The lowest BCUT2D eigenvalue weighted by molar-refractivity contribution is 0.0769. The molecule has 1 N–H and O–H groups in total. The summed E-state index contributed by atoms with van der Waals surface area (Å²) in [6.07, 6.45) is 13.1. The van der Waals surface area contributed by atoms with E-state index in [1.807, 2.05) is 0 Å². The Kier molecular flexibility index (Phi) is 5.10. The second kappa shape index (κ2) is 7.84. The fraction of sp³-hybridized carbons (Fsp3) is 0.652. The number of benzene rings is 1. The molecule has 3 heterocycles. The number of nitrogens with one attached hydrogen (secondary N) is 1. The van der Waals surface area contributed by atoms with Gasteiger partial charge in [-0.1, -0.05) is 12.8 Å². The molecule has 0 atom stereocenters. The van der Waals surface area contributed by atoms with Crippen molar-refractivity contribution >= 4 is 10.9 Å². The Labute approximate surface area is 162 Å². The number of ether oxygens (including phenoxy) is 1. The average molecular weight is 368 g/mol. The second-order valence-electron chi connectivity index (χ2n) is 8.72. The van der Waals surface area contributed by atoms with Crippen LogP contribution in [0.5, 0.6) is 5.75 Å². The van der Waals surface area contributed by atoms with E-state index in [0.717, 1.165) is 24.9 Å². The van der Waals surface area contributed by atoms with Crippen molar-refractivity contribution in [1.82, 2.24) is 14.8 Å². The molecule has 0 bridgehead atoms. The van der Waals surface area contributed by atoms with Gasteiger partial charge in [0.15, 0.2) is 0 Å². The first-order valence-electron chi connectivity index (χ1n) is 11.1. The largest absolute Gasteiger partial charge is 0.490 e. The summed E-state index contributed by atoms with van der Waals surface area (Å²) in [6, 6.07) is 10.4. The monoisotopic (exact) mass is 367 g/mol. The summed E-state index contributed by atoms with van der Waals surface area (Å²) in [6.45, 7) is 4.68. The van der Waals surface area contributed by atoms with Gasteiger partial charge in [0, 0.05) is 42.3 Å². The Balaban J connectivity index is 1.22. The van der Waals surface area contributed by atoms with Crippen molar-refractivity contribution in [3.8, 4) is 5.75 Å². The van der Waals surface area contributed by atoms with Crippen molar-refractivity contribution in [2.24, 2.45) is 0 Å². The molecule has 2 aromatic rings. The van der Waals surface area contributed by atoms with Crippen LogP contribution in [0.4, 0.5) is 0 Å². The van der Waals surface area contributed by atoms with Crippen molar-refractivity contribution in [1.29, 1.82) is 0 Å². The minimum Gasteiger partial charge on any atom is -0.490 e. The van der Waals surface area contributed by atoms with Crippen LogP contribution in [0.1, 0.15) is 57.4 Å². The topological polar surface area (TPSA) is 29.4 Å². The number of nitrogens with zero attached hydrogens (tertiary/aromatic N) is 2. The highest BCUT2D eigenvalue weighted by molar-refractivity contribution is 5.81. The van der Waals surface area contributed by atoms with Gasteiger partial charge in [0.05, 0.1) is 0 Å². The zero-order valence-corrected chi connectivity index (χ0v) is 16.4. The van der Waals surface area contributed by atoms with E-state index in [2.05, 4.69) is 45.2 Å². The lowest BCUT2D eigenvalue weighted by atomic mass is 10.0. The van der Waals surface area contributed by atoms with Gasteiger partial charge in [-0.3, -0.25) is 0 Å². The number of likely N-dealkylation sites (tertiary alicyclic amines) is 1. The highest BCUT2D eigenvalue weighted by atomic mass is 16.5.